The van der Waals surface area contributed by atoms with E-state index in [-0.39, 0.29) is 11.4 Å². The first kappa shape index (κ1) is 23.8. The number of sulfonamides is 1. The molecule has 3 rings (SSSR count). The SMILES string of the molecule is C=CS(=O)(=O)Nc1c(F)cccc1C(=O)Nc1cc(CCc2cc(OC)cc(OC)c2)[nH]n1. The van der Waals surface area contributed by atoms with Gasteiger partial charge < -0.3 is 14.8 Å². The highest BCUT2D eigenvalue weighted by Gasteiger charge is 2.19. The molecule has 174 valence electrons. The van der Waals surface area contributed by atoms with Gasteiger partial charge in [-0.05, 0) is 42.7 Å². The largest absolute Gasteiger partial charge is 0.497 e. The number of halogens is 1. The van der Waals surface area contributed by atoms with E-state index in [9.17, 15) is 17.6 Å². The molecule has 0 bridgehead atoms. The lowest BCUT2D eigenvalue weighted by molar-refractivity contribution is 0.102. The molecule has 0 fully saturated rings. The number of anilines is 2. The Hall–Kier alpha value is -3.86. The van der Waals surface area contributed by atoms with Gasteiger partial charge in [-0.1, -0.05) is 12.6 Å². The molecular weight excluding hydrogens is 451 g/mol. The minimum atomic E-state index is -4.01. The smallest absolute Gasteiger partial charge is 0.259 e. The molecular formula is C22H23FN4O5S. The second kappa shape index (κ2) is 10.2. The van der Waals surface area contributed by atoms with E-state index in [1.165, 1.54) is 12.1 Å². The summed E-state index contributed by atoms with van der Waals surface area (Å²) in [5.41, 5.74) is 1.07. The summed E-state index contributed by atoms with van der Waals surface area (Å²) in [6.07, 6.45) is 1.24. The second-order valence-corrected chi connectivity index (χ2v) is 8.56. The van der Waals surface area contributed by atoms with Crippen LogP contribution in [0.3, 0.4) is 0 Å². The Labute approximate surface area is 190 Å². The lowest BCUT2D eigenvalue weighted by atomic mass is 10.1. The van der Waals surface area contributed by atoms with E-state index in [0.29, 0.717) is 29.7 Å². The van der Waals surface area contributed by atoms with Gasteiger partial charge >= 0.3 is 0 Å². The number of para-hydroxylation sites is 1. The number of carbonyl (C=O) groups excluding carboxylic acids is 1. The van der Waals surface area contributed by atoms with Gasteiger partial charge in [0.05, 0.1) is 25.5 Å². The number of amides is 1. The van der Waals surface area contributed by atoms with Gasteiger partial charge in [0.1, 0.15) is 17.3 Å². The molecule has 0 spiro atoms. The van der Waals surface area contributed by atoms with Crippen molar-refractivity contribution in [2.45, 2.75) is 12.8 Å². The third-order valence-corrected chi connectivity index (χ3v) is 5.62. The first-order valence-corrected chi connectivity index (χ1v) is 11.3. The lowest BCUT2D eigenvalue weighted by Gasteiger charge is -2.11. The average Bonchev–Trinajstić information content (AvgIpc) is 3.25. The number of aryl methyl sites for hydroxylation is 2. The molecule has 0 aliphatic rings. The fourth-order valence-corrected chi connectivity index (χ4v) is 3.60. The van der Waals surface area contributed by atoms with Gasteiger partial charge in [-0.2, -0.15) is 5.10 Å². The van der Waals surface area contributed by atoms with Crippen LogP contribution in [-0.4, -0.2) is 38.7 Å². The van der Waals surface area contributed by atoms with Crippen LogP contribution < -0.4 is 19.5 Å². The van der Waals surface area contributed by atoms with Gasteiger partial charge in [0.2, 0.25) is 0 Å². The van der Waals surface area contributed by atoms with Gasteiger partial charge in [-0.25, -0.2) is 12.8 Å². The molecule has 11 heteroatoms. The summed E-state index contributed by atoms with van der Waals surface area (Å²) in [7, 11) is -0.853. The minimum Gasteiger partial charge on any atom is -0.497 e. The monoisotopic (exact) mass is 474 g/mol. The fourth-order valence-electron chi connectivity index (χ4n) is 3.03. The number of hydrogen-bond donors (Lipinski definition) is 3. The third-order valence-electron chi connectivity index (χ3n) is 4.69. The summed E-state index contributed by atoms with van der Waals surface area (Å²) >= 11 is 0. The maximum Gasteiger partial charge on any atom is 0.259 e. The number of aromatic amines is 1. The Bertz CT molecular complexity index is 1250. The van der Waals surface area contributed by atoms with Crippen LogP contribution in [0.1, 0.15) is 21.6 Å². The van der Waals surface area contributed by atoms with Gasteiger partial charge in [0.25, 0.3) is 15.9 Å². The molecule has 3 aromatic rings. The van der Waals surface area contributed by atoms with Crippen LogP contribution in [-0.2, 0) is 22.9 Å². The predicted octanol–water partition coefficient (Wildman–Crippen LogP) is 3.49. The van der Waals surface area contributed by atoms with Crippen molar-refractivity contribution >= 4 is 27.4 Å². The molecule has 0 aliphatic carbocycles. The van der Waals surface area contributed by atoms with Crippen molar-refractivity contribution in [3.63, 3.8) is 0 Å². The summed E-state index contributed by atoms with van der Waals surface area (Å²) < 4.78 is 50.3. The van der Waals surface area contributed by atoms with Crippen molar-refractivity contribution in [2.75, 3.05) is 24.3 Å². The van der Waals surface area contributed by atoms with Crippen LogP contribution >= 0.6 is 0 Å². The summed E-state index contributed by atoms with van der Waals surface area (Å²) in [5, 5.41) is 10.0. The zero-order chi connectivity index (χ0) is 24.0. The van der Waals surface area contributed by atoms with E-state index in [1.54, 1.807) is 26.4 Å². The number of benzene rings is 2. The van der Waals surface area contributed by atoms with Crippen LogP contribution in [0.15, 0.2) is 54.5 Å². The number of carbonyl (C=O) groups is 1. The molecule has 1 heterocycles. The number of nitrogens with one attached hydrogen (secondary N) is 3. The Kier molecular flexibility index (Phi) is 7.34. The normalized spacial score (nSPS) is 11.0. The molecule has 33 heavy (non-hydrogen) atoms. The van der Waals surface area contributed by atoms with E-state index < -0.39 is 27.4 Å². The third kappa shape index (κ3) is 6.10. The predicted molar refractivity (Wildman–Crippen MR) is 123 cm³/mol. The summed E-state index contributed by atoms with van der Waals surface area (Å²) in [6.45, 7) is 3.16. The quantitative estimate of drug-likeness (QED) is 0.413. The van der Waals surface area contributed by atoms with Crippen LogP contribution in [0.5, 0.6) is 11.5 Å². The molecule has 9 nitrogen and oxygen atoms in total. The Morgan fingerprint density at radius 3 is 2.48 bits per heavy atom. The molecule has 0 aliphatic heterocycles. The highest BCUT2D eigenvalue weighted by Crippen LogP contribution is 2.24. The average molecular weight is 475 g/mol. The number of aromatic nitrogens is 2. The van der Waals surface area contributed by atoms with Crippen molar-refractivity contribution in [3.8, 4) is 11.5 Å². The van der Waals surface area contributed by atoms with Crippen molar-refractivity contribution in [1.29, 1.82) is 0 Å². The summed E-state index contributed by atoms with van der Waals surface area (Å²) in [6, 6.07) is 10.9. The molecule has 1 aromatic heterocycles. The summed E-state index contributed by atoms with van der Waals surface area (Å²) in [5.74, 6) is -0.0591. The molecule has 0 radical (unpaired) electrons. The molecule has 3 N–H and O–H groups in total. The zero-order valence-electron chi connectivity index (χ0n) is 18.0. The number of H-pyrrole nitrogens is 1. The highest BCUT2D eigenvalue weighted by molar-refractivity contribution is 7.95. The highest BCUT2D eigenvalue weighted by atomic mass is 32.2. The van der Waals surface area contributed by atoms with Gasteiger partial charge in [0.15, 0.2) is 5.82 Å². The standard InChI is InChI=1S/C22H23FN4O5S/c1-4-33(29,30)27-21-18(6-5-7-19(21)23)22(28)24-20-12-15(25-26-20)9-8-14-10-16(31-2)13-17(11-14)32-3/h4-7,10-13,27H,1,8-9H2,2-3H3,(H2,24,25,26,28). The van der Waals surface area contributed by atoms with Gasteiger partial charge in [-0.3, -0.25) is 14.6 Å². The molecule has 0 saturated carbocycles. The Balaban J connectivity index is 1.71. The van der Waals surface area contributed by atoms with Crippen molar-refractivity contribution in [1.82, 2.24) is 10.2 Å². The first-order chi connectivity index (χ1) is 15.7. The van der Waals surface area contributed by atoms with Crippen LogP contribution in [0.4, 0.5) is 15.9 Å². The zero-order valence-corrected chi connectivity index (χ0v) is 18.8. The number of methoxy groups -OCH3 is 2. The molecule has 0 atom stereocenters. The van der Waals surface area contributed by atoms with Gasteiger partial charge in [0, 0.05) is 23.2 Å². The van der Waals surface area contributed by atoms with Crippen LogP contribution in [0, 0.1) is 5.82 Å². The molecule has 0 unspecified atom stereocenters. The minimum absolute atomic E-state index is 0.201. The lowest BCUT2D eigenvalue weighted by Crippen LogP contribution is -2.18. The maximum atomic E-state index is 14.2. The van der Waals surface area contributed by atoms with Crippen molar-refractivity contribution in [3.05, 3.63) is 77.1 Å². The van der Waals surface area contributed by atoms with E-state index in [1.807, 2.05) is 16.9 Å². The van der Waals surface area contributed by atoms with Crippen molar-refractivity contribution in [2.24, 2.45) is 0 Å². The molecule has 1 amide bonds. The number of nitrogens with zero attached hydrogens (tertiary/aromatic N) is 1. The fraction of sp³-hybridized carbons (Fsp3) is 0.182. The topological polar surface area (TPSA) is 122 Å². The second-order valence-electron chi connectivity index (χ2n) is 6.93. The van der Waals surface area contributed by atoms with Gasteiger partial charge in [-0.15, -0.1) is 0 Å². The number of ether oxygens (including phenoxy) is 2. The maximum absolute atomic E-state index is 14.2. The van der Waals surface area contributed by atoms with E-state index in [2.05, 4.69) is 22.1 Å². The van der Waals surface area contributed by atoms with E-state index in [4.69, 9.17) is 9.47 Å². The number of rotatable bonds is 10. The van der Waals surface area contributed by atoms with Crippen LogP contribution in [0.2, 0.25) is 0 Å². The summed E-state index contributed by atoms with van der Waals surface area (Å²) in [4.78, 5) is 12.7. The van der Waals surface area contributed by atoms with E-state index in [0.717, 1.165) is 17.3 Å². The molecule has 2 aromatic carbocycles. The van der Waals surface area contributed by atoms with Crippen LogP contribution in [0.25, 0.3) is 0 Å². The first-order valence-electron chi connectivity index (χ1n) is 9.76. The Morgan fingerprint density at radius 1 is 1.15 bits per heavy atom. The number of hydrogen-bond acceptors (Lipinski definition) is 6. The molecule has 0 saturated heterocycles. The van der Waals surface area contributed by atoms with E-state index >= 15 is 0 Å². The van der Waals surface area contributed by atoms with Crippen molar-refractivity contribution < 1.29 is 27.1 Å². The Morgan fingerprint density at radius 2 is 1.85 bits per heavy atom.